The maximum Gasteiger partial charge on any atom is 0.508 e. The van der Waals surface area contributed by atoms with E-state index in [1.807, 2.05) is 20.8 Å². The van der Waals surface area contributed by atoms with Gasteiger partial charge in [0.2, 0.25) is 4.38 Å². The predicted octanol–water partition coefficient (Wildman–Crippen LogP) is 2.73. The molecule has 6 nitrogen and oxygen atoms in total. The summed E-state index contributed by atoms with van der Waals surface area (Å²) in [7, 11) is 0. The van der Waals surface area contributed by atoms with Crippen molar-refractivity contribution in [3.05, 3.63) is 0 Å². The Kier molecular flexibility index (Phi) is 8.98. The molecule has 1 saturated heterocycles. The van der Waals surface area contributed by atoms with Gasteiger partial charge in [-0.15, -0.1) is 0 Å². The molecule has 0 bridgehead atoms. The molecule has 122 valence electrons. The van der Waals surface area contributed by atoms with Crippen LogP contribution >= 0.6 is 24.0 Å². The Morgan fingerprint density at radius 1 is 1.33 bits per heavy atom. The Bertz CT molecular complexity index is 333. The van der Waals surface area contributed by atoms with Crippen LogP contribution in [0.2, 0.25) is 0 Å². The van der Waals surface area contributed by atoms with Crippen molar-refractivity contribution in [2.75, 3.05) is 26.4 Å². The van der Waals surface area contributed by atoms with Gasteiger partial charge in [0.25, 0.3) is 0 Å². The lowest BCUT2D eigenvalue weighted by molar-refractivity contribution is -0.138. The SMILES string of the molecule is CCOC(=S)SC(CC1COC(=O)O1)C(OCC)OCC. The molecule has 0 spiro atoms. The fourth-order valence-corrected chi connectivity index (χ4v) is 3.32. The fraction of sp³-hybridized carbons (Fsp3) is 0.846. The lowest BCUT2D eigenvalue weighted by Gasteiger charge is -2.27. The number of hydrogen-bond acceptors (Lipinski definition) is 8. The molecule has 1 aliphatic heterocycles. The number of carbonyl (C=O) groups excluding carboxylic acids is 1. The Morgan fingerprint density at radius 3 is 2.48 bits per heavy atom. The standard InChI is InChI=1S/C13H22O6S2/c1-4-15-11(16-5-2)10(21-13(20)17-6-3)7-9-8-18-12(14)19-9/h9-11H,4-8H2,1-3H3. The van der Waals surface area contributed by atoms with Crippen LogP contribution in [0.4, 0.5) is 4.79 Å². The van der Waals surface area contributed by atoms with Crippen molar-refractivity contribution in [2.45, 2.75) is 44.8 Å². The largest absolute Gasteiger partial charge is 0.508 e. The Hall–Kier alpha value is -0.570. The Morgan fingerprint density at radius 2 is 2.00 bits per heavy atom. The summed E-state index contributed by atoms with van der Waals surface area (Å²) in [6.07, 6.45) is -0.875. The van der Waals surface area contributed by atoms with Crippen LogP contribution in [0.1, 0.15) is 27.2 Å². The highest BCUT2D eigenvalue weighted by atomic mass is 32.2. The third-order valence-electron chi connectivity index (χ3n) is 2.62. The van der Waals surface area contributed by atoms with Crippen LogP contribution in [0.3, 0.4) is 0 Å². The second-order valence-electron chi connectivity index (χ2n) is 4.15. The molecule has 1 fully saturated rings. The summed E-state index contributed by atoms with van der Waals surface area (Å²) in [6, 6.07) is 0. The van der Waals surface area contributed by atoms with Gasteiger partial charge in [-0.05, 0) is 33.0 Å². The van der Waals surface area contributed by atoms with Gasteiger partial charge in [-0.3, -0.25) is 0 Å². The topological polar surface area (TPSA) is 63.2 Å². The summed E-state index contributed by atoms with van der Waals surface area (Å²) < 4.78 is 26.9. The number of cyclic esters (lactones) is 2. The van der Waals surface area contributed by atoms with Crippen molar-refractivity contribution < 1.29 is 28.5 Å². The number of rotatable bonds is 9. The maximum atomic E-state index is 11.0. The number of hydrogen-bond donors (Lipinski definition) is 0. The van der Waals surface area contributed by atoms with E-state index in [-0.39, 0.29) is 18.0 Å². The van der Waals surface area contributed by atoms with Crippen LogP contribution in [-0.4, -0.2) is 54.6 Å². The van der Waals surface area contributed by atoms with Gasteiger partial charge in [0.1, 0.15) is 12.7 Å². The predicted molar refractivity (Wildman–Crippen MR) is 83.5 cm³/mol. The molecule has 0 aliphatic carbocycles. The quantitative estimate of drug-likeness (QED) is 0.361. The molecule has 2 unspecified atom stereocenters. The van der Waals surface area contributed by atoms with Crippen LogP contribution < -0.4 is 0 Å². The molecule has 0 radical (unpaired) electrons. The average molecular weight is 338 g/mol. The van der Waals surface area contributed by atoms with Crippen molar-refractivity contribution in [1.82, 2.24) is 0 Å². The van der Waals surface area contributed by atoms with Gasteiger partial charge in [0, 0.05) is 19.6 Å². The highest BCUT2D eigenvalue weighted by Gasteiger charge is 2.33. The molecule has 8 heteroatoms. The monoisotopic (exact) mass is 338 g/mol. The van der Waals surface area contributed by atoms with Gasteiger partial charge < -0.3 is 23.7 Å². The van der Waals surface area contributed by atoms with Crippen LogP contribution in [0, 0.1) is 0 Å². The zero-order valence-corrected chi connectivity index (χ0v) is 14.2. The summed E-state index contributed by atoms with van der Waals surface area (Å²) in [5.41, 5.74) is 0. The summed E-state index contributed by atoms with van der Waals surface area (Å²) in [4.78, 5) is 11.0. The molecule has 0 aromatic rings. The fourth-order valence-electron chi connectivity index (χ4n) is 1.82. The third-order valence-corrected chi connectivity index (χ3v) is 4.05. The maximum absolute atomic E-state index is 11.0. The minimum absolute atomic E-state index is 0.136. The zero-order valence-electron chi connectivity index (χ0n) is 12.5. The second-order valence-corrected chi connectivity index (χ2v) is 6.00. The van der Waals surface area contributed by atoms with Gasteiger partial charge >= 0.3 is 6.16 Å². The smallest absolute Gasteiger partial charge is 0.479 e. The van der Waals surface area contributed by atoms with Crippen molar-refractivity contribution in [3.8, 4) is 0 Å². The molecule has 1 heterocycles. The minimum Gasteiger partial charge on any atom is -0.479 e. The molecule has 0 aromatic carbocycles. The van der Waals surface area contributed by atoms with E-state index in [2.05, 4.69) is 0 Å². The first-order valence-electron chi connectivity index (χ1n) is 7.00. The van der Waals surface area contributed by atoms with Crippen molar-refractivity contribution in [3.63, 3.8) is 0 Å². The van der Waals surface area contributed by atoms with E-state index in [1.54, 1.807) is 0 Å². The van der Waals surface area contributed by atoms with E-state index in [4.69, 9.17) is 35.9 Å². The zero-order chi connectivity index (χ0) is 15.7. The normalized spacial score (nSPS) is 19.2. The molecule has 0 amide bonds. The number of thiocarbonyl (C=S) groups is 1. The van der Waals surface area contributed by atoms with E-state index in [0.29, 0.717) is 30.6 Å². The summed E-state index contributed by atoms with van der Waals surface area (Å²) in [5, 5.41) is -0.136. The van der Waals surface area contributed by atoms with Gasteiger partial charge in [-0.1, -0.05) is 11.8 Å². The molecule has 2 atom stereocenters. The molecule has 0 aromatic heterocycles. The lowest BCUT2D eigenvalue weighted by atomic mass is 10.2. The average Bonchev–Trinajstić information content (AvgIpc) is 2.83. The van der Waals surface area contributed by atoms with E-state index in [9.17, 15) is 4.79 Å². The van der Waals surface area contributed by atoms with Gasteiger partial charge in [0.15, 0.2) is 6.29 Å². The number of carbonyl (C=O) groups is 1. The van der Waals surface area contributed by atoms with Crippen molar-refractivity contribution >= 4 is 34.5 Å². The highest BCUT2D eigenvalue weighted by molar-refractivity contribution is 8.23. The molecular weight excluding hydrogens is 316 g/mol. The first-order chi connectivity index (χ1) is 10.1. The summed E-state index contributed by atoms with van der Waals surface area (Å²) in [6.45, 7) is 7.45. The Balaban J connectivity index is 2.66. The lowest BCUT2D eigenvalue weighted by Crippen LogP contribution is -2.34. The molecule has 21 heavy (non-hydrogen) atoms. The summed E-state index contributed by atoms with van der Waals surface area (Å²) in [5.74, 6) is 0. The molecular formula is C13H22O6S2. The van der Waals surface area contributed by atoms with E-state index < -0.39 is 12.4 Å². The van der Waals surface area contributed by atoms with Crippen molar-refractivity contribution in [2.24, 2.45) is 0 Å². The van der Waals surface area contributed by atoms with E-state index in [1.165, 1.54) is 11.8 Å². The van der Waals surface area contributed by atoms with E-state index >= 15 is 0 Å². The molecule has 1 rings (SSSR count). The molecule has 1 aliphatic rings. The summed E-state index contributed by atoms with van der Waals surface area (Å²) >= 11 is 6.53. The number of thioether (sulfide) groups is 1. The minimum atomic E-state index is -0.638. The Labute approximate surface area is 134 Å². The van der Waals surface area contributed by atoms with Gasteiger partial charge in [-0.2, -0.15) is 0 Å². The molecule has 0 saturated carbocycles. The van der Waals surface area contributed by atoms with Crippen molar-refractivity contribution in [1.29, 1.82) is 0 Å². The van der Waals surface area contributed by atoms with Gasteiger partial charge in [-0.25, -0.2) is 4.79 Å². The van der Waals surface area contributed by atoms with Crippen LogP contribution in [0.25, 0.3) is 0 Å². The van der Waals surface area contributed by atoms with Crippen LogP contribution in [-0.2, 0) is 23.7 Å². The first-order valence-corrected chi connectivity index (χ1v) is 8.29. The highest BCUT2D eigenvalue weighted by Crippen LogP contribution is 2.27. The van der Waals surface area contributed by atoms with Gasteiger partial charge in [0.05, 0.1) is 11.9 Å². The third kappa shape index (κ3) is 6.82. The first kappa shape index (κ1) is 18.5. The van der Waals surface area contributed by atoms with Crippen LogP contribution in [0.15, 0.2) is 0 Å². The second kappa shape index (κ2) is 10.2. The van der Waals surface area contributed by atoms with Crippen LogP contribution in [0.5, 0.6) is 0 Å². The van der Waals surface area contributed by atoms with E-state index in [0.717, 1.165) is 0 Å². The number of ether oxygens (including phenoxy) is 5. The molecule has 0 N–H and O–H groups in total.